The van der Waals surface area contributed by atoms with Crippen LogP contribution in [0.3, 0.4) is 0 Å². The summed E-state index contributed by atoms with van der Waals surface area (Å²) in [4.78, 5) is 24.2. The third kappa shape index (κ3) is 5.07. The van der Waals surface area contributed by atoms with Gasteiger partial charge in [-0.2, -0.15) is 0 Å². The second-order valence-electron chi connectivity index (χ2n) is 6.26. The van der Waals surface area contributed by atoms with Crippen LogP contribution in [0.15, 0.2) is 0 Å². The van der Waals surface area contributed by atoms with Crippen LogP contribution in [0.1, 0.15) is 47.0 Å². The van der Waals surface area contributed by atoms with E-state index in [0.29, 0.717) is 5.92 Å². The summed E-state index contributed by atoms with van der Waals surface area (Å²) in [5.74, 6) is 0.687. The number of carbonyl (C=O) groups excluding carboxylic acids is 2. The summed E-state index contributed by atoms with van der Waals surface area (Å²) in [7, 11) is 0. The first-order chi connectivity index (χ1) is 8.31. The quantitative estimate of drug-likeness (QED) is 0.728. The molecule has 0 spiro atoms. The van der Waals surface area contributed by atoms with Gasteiger partial charge in [-0.15, -0.1) is 0 Å². The van der Waals surface area contributed by atoms with Gasteiger partial charge in [-0.1, -0.05) is 6.92 Å². The van der Waals surface area contributed by atoms with Crippen LogP contribution < -0.4 is 0 Å². The molecule has 0 N–H and O–H groups in total. The predicted octanol–water partition coefficient (Wildman–Crippen LogP) is 2.86. The van der Waals surface area contributed by atoms with E-state index < -0.39 is 5.60 Å². The van der Waals surface area contributed by atoms with E-state index in [9.17, 15) is 9.59 Å². The molecule has 0 unspecified atom stereocenters. The normalized spacial score (nSPS) is 19.4. The first kappa shape index (κ1) is 15.0. The van der Waals surface area contributed by atoms with Crippen molar-refractivity contribution in [3.63, 3.8) is 0 Å². The van der Waals surface area contributed by atoms with Crippen molar-refractivity contribution in [2.75, 3.05) is 13.1 Å². The molecule has 1 fully saturated rings. The molecule has 0 saturated carbocycles. The first-order valence-corrected chi connectivity index (χ1v) is 6.75. The Hall–Kier alpha value is -1.06. The highest BCUT2D eigenvalue weighted by molar-refractivity contribution is 5.68. The zero-order valence-corrected chi connectivity index (χ0v) is 11.9. The van der Waals surface area contributed by atoms with E-state index in [0.717, 1.165) is 38.6 Å². The van der Waals surface area contributed by atoms with Crippen molar-refractivity contribution in [2.24, 2.45) is 11.8 Å². The Bertz CT molecular complexity index is 288. The van der Waals surface area contributed by atoms with Crippen LogP contribution in [0, 0.1) is 11.8 Å². The first-order valence-electron chi connectivity index (χ1n) is 6.75. The Kier molecular flexibility index (Phi) is 5.17. The predicted molar refractivity (Wildman–Crippen MR) is 70.4 cm³/mol. The molecule has 0 aromatic rings. The average Bonchev–Trinajstić information content (AvgIpc) is 2.27. The summed E-state index contributed by atoms with van der Waals surface area (Å²) < 4.78 is 5.35. The molecule has 18 heavy (non-hydrogen) atoms. The van der Waals surface area contributed by atoms with Crippen LogP contribution >= 0.6 is 0 Å². The zero-order valence-electron chi connectivity index (χ0n) is 11.9. The van der Waals surface area contributed by atoms with E-state index in [4.69, 9.17) is 4.74 Å². The van der Waals surface area contributed by atoms with Gasteiger partial charge < -0.3 is 14.4 Å². The fourth-order valence-electron chi connectivity index (χ4n) is 2.26. The van der Waals surface area contributed by atoms with Gasteiger partial charge in [0.15, 0.2) is 0 Å². The molecule has 104 valence electrons. The Labute approximate surface area is 110 Å². The zero-order chi connectivity index (χ0) is 13.8. The lowest BCUT2D eigenvalue weighted by atomic mass is 9.88. The molecule has 0 bridgehead atoms. The van der Waals surface area contributed by atoms with Gasteiger partial charge in [-0.3, -0.25) is 0 Å². The largest absolute Gasteiger partial charge is 0.444 e. The number of ether oxygens (including phenoxy) is 1. The minimum atomic E-state index is -0.431. The molecule has 0 aromatic heterocycles. The number of hydrogen-bond acceptors (Lipinski definition) is 3. The van der Waals surface area contributed by atoms with Crippen molar-refractivity contribution in [3.8, 4) is 0 Å². The van der Waals surface area contributed by atoms with Gasteiger partial charge in [-0.05, 0) is 46.0 Å². The van der Waals surface area contributed by atoms with Gasteiger partial charge in [0, 0.05) is 19.0 Å². The number of hydrogen-bond donors (Lipinski definition) is 0. The highest BCUT2D eigenvalue weighted by Gasteiger charge is 2.27. The van der Waals surface area contributed by atoms with Gasteiger partial charge in [-0.25, -0.2) is 4.79 Å². The van der Waals surface area contributed by atoms with Gasteiger partial charge in [0.1, 0.15) is 11.9 Å². The fraction of sp³-hybridized carbons (Fsp3) is 0.857. The third-order valence-electron chi connectivity index (χ3n) is 3.20. The van der Waals surface area contributed by atoms with E-state index in [1.54, 1.807) is 4.90 Å². The Morgan fingerprint density at radius 1 is 1.39 bits per heavy atom. The number of likely N-dealkylation sites (tertiary alicyclic amines) is 1. The van der Waals surface area contributed by atoms with Gasteiger partial charge in [0.25, 0.3) is 0 Å². The summed E-state index contributed by atoms with van der Waals surface area (Å²) in [6.07, 6.45) is 3.67. The molecule has 4 heteroatoms. The number of amides is 1. The van der Waals surface area contributed by atoms with Crippen molar-refractivity contribution in [1.82, 2.24) is 4.90 Å². The van der Waals surface area contributed by atoms with Gasteiger partial charge >= 0.3 is 6.09 Å². The monoisotopic (exact) mass is 255 g/mol. The summed E-state index contributed by atoms with van der Waals surface area (Å²) in [5.41, 5.74) is -0.431. The number of rotatable bonds is 3. The van der Waals surface area contributed by atoms with Crippen molar-refractivity contribution >= 4 is 12.4 Å². The molecule has 0 aromatic carbocycles. The molecule has 1 rings (SSSR count). The molecule has 1 amide bonds. The summed E-state index contributed by atoms with van der Waals surface area (Å²) in [6.45, 7) is 9.07. The molecule has 0 radical (unpaired) electrons. The molecule has 1 atom stereocenters. The number of aldehydes is 1. The summed E-state index contributed by atoms with van der Waals surface area (Å²) in [6, 6.07) is 0. The molecule has 1 saturated heterocycles. The van der Waals surface area contributed by atoms with Crippen molar-refractivity contribution in [2.45, 2.75) is 52.6 Å². The van der Waals surface area contributed by atoms with E-state index in [2.05, 4.69) is 0 Å². The van der Waals surface area contributed by atoms with Crippen LogP contribution in [-0.2, 0) is 9.53 Å². The maximum atomic E-state index is 11.8. The lowest BCUT2D eigenvalue weighted by Crippen LogP contribution is -2.41. The van der Waals surface area contributed by atoms with E-state index in [1.807, 2.05) is 27.7 Å². The fourth-order valence-corrected chi connectivity index (χ4v) is 2.26. The molecule has 0 aliphatic carbocycles. The summed E-state index contributed by atoms with van der Waals surface area (Å²) in [5, 5.41) is 0. The van der Waals surface area contributed by atoms with Crippen molar-refractivity contribution in [3.05, 3.63) is 0 Å². The van der Waals surface area contributed by atoms with E-state index in [-0.39, 0.29) is 12.0 Å². The highest BCUT2D eigenvalue weighted by atomic mass is 16.6. The molecule has 1 aliphatic heterocycles. The SMILES string of the molecule is C[C@H](C=O)CC1CCN(C(=O)OC(C)(C)C)CC1. The average molecular weight is 255 g/mol. The Morgan fingerprint density at radius 2 is 1.94 bits per heavy atom. The number of carbonyl (C=O) groups is 2. The second kappa shape index (κ2) is 6.21. The lowest BCUT2D eigenvalue weighted by Gasteiger charge is -2.33. The second-order valence-corrected chi connectivity index (χ2v) is 6.26. The van der Waals surface area contributed by atoms with Gasteiger partial charge in [0.2, 0.25) is 0 Å². The maximum absolute atomic E-state index is 11.8. The van der Waals surface area contributed by atoms with Crippen LogP contribution in [0.5, 0.6) is 0 Å². The Morgan fingerprint density at radius 3 is 2.39 bits per heavy atom. The number of nitrogens with zero attached hydrogens (tertiary/aromatic N) is 1. The Balaban J connectivity index is 2.35. The molecule has 1 heterocycles. The van der Waals surface area contributed by atoms with Crippen LogP contribution in [0.4, 0.5) is 4.79 Å². The molecular formula is C14H25NO3. The smallest absolute Gasteiger partial charge is 0.410 e. The molecule has 1 aliphatic rings. The summed E-state index contributed by atoms with van der Waals surface area (Å²) >= 11 is 0. The van der Waals surface area contributed by atoms with Crippen LogP contribution in [-0.4, -0.2) is 36.0 Å². The third-order valence-corrected chi connectivity index (χ3v) is 3.20. The standard InChI is InChI=1S/C14H25NO3/c1-11(10-16)9-12-5-7-15(8-6-12)13(17)18-14(2,3)4/h10-12H,5-9H2,1-4H3/t11-/m0/s1. The van der Waals surface area contributed by atoms with E-state index in [1.165, 1.54) is 0 Å². The highest BCUT2D eigenvalue weighted by Crippen LogP contribution is 2.24. The lowest BCUT2D eigenvalue weighted by molar-refractivity contribution is -0.111. The van der Waals surface area contributed by atoms with Crippen molar-refractivity contribution < 1.29 is 14.3 Å². The number of piperidine rings is 1. The minimum absolute atomic E-state index is 0.128. The maximum Gasteiger partial charge on any atom is 0.410 e. The van der Waals surface area contributed by atoms with Crippen molar-refractivity contribution in [1.29, 1.82) is 0 Å². The van der Waals surface area contributed by atoms with Crippen LogP contribution in [0.2, 0.25) is 0 Å². The minimum Gasteiger partial charge on any atom is -0.444 e. The molecule has 4 nitrogen and oxygen atoms in total. The van der Waals surface area contributed by atoms with Crippen LogP contribution in [0.25, 0.3) is 0 Å². The van der Waals surface area contributed by atoms with Gasteiger partial charge in [0.05, 0.1) is 0 Å². The van der Waals surface area contributed by atoms with E-state index >= 15 is 0 Å². The topological polar surface area (TPSA) is 46.6 Å². The molecular weight excluding hydrogens is 230 g/mol.